The lowest BCUT2D eigenvalue weighted by molar-refractivity contribution is -0.384. The Kier molecular flexibility index (Phi) is 4.96. The number of nitro benzene ring substituents is 1. The molecule has 4 rings (SSSR count). The first-order valence-corrected chi connectivity index (χ1v) is 9.12. The van der Waals surface area contributed by atoms with Crippen molar-refractivity contribution in [1.82, 2.24) is 0 Å². The largest absolute Gasteiger partial charge is 0.457 e. The first kappa shape index (κ1) is 19.0. The SMILES string of the molecule is O=C1OC(c2ccc(Cl)cc2)=C/C1=C\c1ccc(-c2cc([N+](=O)[O-])ccc2Cl)o1. The number of nitro groups is 1. The van der Waals surface area contributed by atoms with Gasteiger partial charge >= 0.3 is 5.97 Å². The molecule has 0 spiro atoms. The summed E-state index contributed by atoms with van der Waals surface area (Å²) in [7, 11) is 0. The van der Waals surface area contributed by atoms with Gasteiger partial charge in [0, 0.05) is 28.3 Å². The fraction of sp³-hybridized carbons (Fsp3) is 0. The van der Waals surface area contributed by atoms with Crippen molar-refractivity contribution >= 4 is 46.7 Å². The van der Waals surface area contributed by atoms with Gasteiger partial charge in [0.2, 0.25) is 0 Å². The predicted molar refractivity (Wildman–Crippen MR) is 109 cm³/mol. The van der Waals surface area contributed by atoms with Crippen molar-refractivity contribution in [3.8, 4) is 11.3 Å². The average Bonchev–Trinajstić information content (AvgIpc) is 3.30. The molecule has 0 bridgehead atoms. The molecule has 1 aromatic heterocycles. The van der Waals surface area contributed by atoms with E-state index >= 15 is 0 Å². The third kappa shape index (κ3) is 3.94. The fourth-order valence-electron chi connectivity index (χ4n) is 2.79. The molecule has 0 atom stereocenters. The van der Waals surface area contributed by atoms with Gasteiger partial charge in [0.15, 0.2) is 0 Å². The van der Waals surface area contributed by atoms with Gasteiger partial charge in [-0.2, -0.15) is 0 Å². The number of benzene rings is 2. The zero-order chi connectivity index (χ0) is 20.5. The highest BCUT2D eigenvalue weighted by Gasteiger charge is 2.23. The number of non-ortho nitro benzene ring substituents is 1. The van der Waals surface area contributed by atoms with Crippen LogP contribution in [0, 0.1) is 10.1 Å². The van der Waals surface area contributed by atoms with Crippen LogP contribution in [0.4, 0.5) is 5.69 Å². The maximum Gasteiger partial charge on any atom is 0.343 e. The van der Waals surface area contributed by atoms with Gasteiger partial charge in [-0.05, 0) is 54.6 Å². The van der Waals surface area contributed by atoms with Gasteiger partial charge < -0.3 is 9.15 Å². The first-order chi connectivity index (χ1) is 13.9. The van der Waals surface area contributed by atoms with Crippen LogP contribution in [0.1, 0.15) is 11.3 Å². The molecule has 2 aromatic carbocycles. The molecule has 144 valence electrons. The standard InChI is InChI=1S/C21H11Cl2NO5/c22-14-3-1-12(2-4-14)20-10-13(21(25)29-20)9-16-6-8-19(28-16)17-11-15(24(26)27)5-7-18(17)23/h1-11H/b13-9+. The zero-order valence-corrected chi connectivity index (χ0v) is 16.1. The number of ether oxygens (including phenoxy) is 1. The molecule has 8 heteroatoms. The number of cyclic esters (lactones) is 1. The van der Waals surface area contributed by atoms with E-state index in [0.29, 0.717) is 38.5 Å². The summed E-state index contributed by atoms with van der Waals surface area (Å²) in [6.45, 7) is 0. The maximum absolute atomic E-state index is 12.2. The lowest BCUT2D eigenvalue weighted by Gasteiger charge is -2.01. The van der Waals surface area contributed by atoms with E-state index in [4.69, 9.17) is 32.4 Å². The van der Waals surface area contributed by atoms with Gasteiger partial charge in [-0.3, -0.25) is 10.1 Å². The molecule has 0 radical (unpaired) electrons. The van der Waals surface area contributed by atoms with E-state index < -0.39 is 10.9 Å². The van der Waals surface area contributed by atoms with Gasteiger partial charge in [-0.25, -0.2) is 4.79 Å². The van der Waals surface area contributed by atoms with Crippen LogP contribution in [0.3, 0.4) is 0 Å². The van der Waals surface area contributed by atoms with E-state index in [1.807, 2.05) is 0 Å². The summed E-state index contributed by atoms with van der Waals surface area (Å²) < 4.78 is 11.0. The summed E-state index contributed by atoms with van der Waals surface area (Å²) in [5.41, 5.74) is 1.31. The molecule has 0 aliphatic carbocycles. The molecule has 0 N–H and O–H groups in total. The lowest BCUT2D eigenvalue weighted by atomic mass is 10.1. The lowest BCUT2D eigenvalue weighted by Crippen LogP contribution is -1.96. The van der Waals surface area contributed by atoms with E-state index in [-0.39, 0.29) is 5.69 Å². The highest BCUT2D eigenvalue weighted by atomic mass is 35.5. The van der Waals surface area contributed by atoms with Crippen LogP contribution in [0.2, 0.25) is 10.0 Å². The van der Waals surface area contributed by atoms with Gasteiger partial charge in [-0.15, -0.1) is 0 Å². The van der Waals surface area contributed by atoms with Crippen molar-refractivity contribution in [3.05, 3.63) is 97.7 Å². The highest BCUT2D eigenvalue weighted by molar-refractivity contribution is 6.33. The number of carbonyl (C=O) groups excluding carboxylic acids is 1. The average molecular weight is 428 g/mol. The quantitative estimate of drug-likeness (QED) is 0.216. The van der Waals surface area contributed by atoms with Gasteiger partial charge in [0.05, 0.1) is 15.5 Å². The number of carbonyl (C=O) groups is 1. The molecule has 2 heterocycles. The number of rotatable bonds is 4. The molecule has 6 nitrogen and oxygen atoms in total. The zero-order valence-electron chi connectivity index (χ0n) is 14.6. The van der Waals surface area contributed by atoms with Crippen molar-refractivity contribution in [2.24, 2.45) is 0 Å². The van der Waals surface area contributed by atoms with Crippen molar-refractivity contribution in [1.29, 1.82) is 0 Å². The van der Waals surface area contributed by atoms with E-state index in [1.54, 1.807) is 42.5 Å². The molecule has 1 aliphatic rings. The number of furan rings is 1. The Hall–Kier alpha value is -3.35. The van der Waals surface area contributed by atoms with Crippen molar-refractivity contribution in [2.75, 3.05) is 0 Å². The Morgan fingerprint density at radius 1 is 1.00 bits per heavy atom. The molecule has 0 fully saturated rings. The van der Waals surface area contributed by atoms with E-state index in [2.05, 4.69) is 0 Å². The summed E-state index contributed by atoms with van der Waals surface area (Å²) >= 11 is 12.0. The van der Waals surface area contributed by atoms with E-state index in [0.717, 1.165) is 5.56 Å². The summed E-state index contributed by atoms with van der Waals surface area (Å²) in [5.74, 6) is 0.620. The molecule has 3 aromatic rings. The number of hydrogen-bond donors (Lipinski definition) is 0. The normalized spacial score (nSPS) is 14.8. The molecular weight excluding hydrogens is 417 g/mol. The van der Waals surface area contributed by atoms with Gasteiger partial charge in [-0.1, -0.05) is 23.2 Å². The molecule has 29 heavy (non-hydrogen) atoms. The number of hydrogen-bond acceptors (Lipinski definition) is 5. The topological polar surface area (TPSA) is 82.6 Å². The van der Waals surface area contributed by atoms with Crippen molar-refractivity contribution in [3.63, 3.8) is 0 Å². The number of halogens is 2. The Morgan fingerprint density at radius 2 is 1.76 bits per heavy atom. The molecular formula is C21H11Cl2NO5. The fourth-order valence-corrected chi connectivity index (χ4v) is 3.13. The predicted octanol–water partition coefficient (Wildman–Crippen LogP) is 6.14. The summed E-state index contributed by atoms with van der Waals surface area (Å²) in [4.78, 5) is 22.7. The summed E-state index contributed by atoms with van der Waals surface area (Å²) in [6.07, 6.45) is 3.13. The first-order valence-electron chi connectivity index (χ1n) is 8.36. The number of esters is 1. The minimum Gasteiger partial charge on any atom is -0.457 e. The van der Waals surface area contributed by atoms with E-state index in [1.165, 1.54) is 24.3 Å². The summed E-state index contributed by atoms with van der Waals surface area (Å²) in [5, 5.41) is 11.9. The van der Waals surface area contributed by atoms with Crippen LogP contribution >= 0.6 is 23.2 Å². The third-order valence-corrected chi connectivity index (χ3v) is 4.79. The van der Waals surface area contributed by atoms with Crippen LogP contribution in [0.15, 0.2) is 70.7 Å². The number of nitrogens with zero attached hydrogens (tertiary/aromatic N) is 1. The monoisotopic (exact) mass is 427 g/mol. The molecule has 0 saturated carbocycles. The van der Waals surface area contributed by atoms with Crippen LogP contribution in [-0.2, 0) is 9.53 Å². The van der Waals surface area contributed by atoms with Gasteiger partial charge in [0.1, 0.15) is 17.3 Å². The Balaban J connectivity index is 1.64. The Morgan fingerprint density at radius 3 is 2.48 bits per heavy atom. The van der Waals surface area contributed by atoms with Crippen LogP contribution in [0.25, 0.3) is 23.2 Å². The highest BCUT2D eigenvalue weighted by Crippen LogP contribution is 2.34. The van der Waals surface area contributed by atoms with Crippen molar-refractivity contribution in [2.45, 2.75) is 0 Å². The van der Waals surface area contributed by atoms with E-state index in [9.17, 15) is 14.9 Å². The minimum atomic E-state index is -0.513. The summed E-state index contributed by atoms with van der Waals surface area (Å²) in [6, 6.07) is 14.3. The van der Waals surface area contributed by atoms with Crippen LogP contribution < -0.4 is 0 Å². The molecule has 0 unspecified atom stereocenters. The molecule has 0 saturated heterocycles. The van der Waals surface area contributed by atoms with Gasteiger partial charge in [0.25, 0.3) is 5.69 Å². The maximum atomic E-state index is 12.2. The minimum absolute atomic E-state index is 0.101. The van der Waals surface area contributed by atoms with Crippen LogP contribution in [-0.4, -0.2) is 10.9 Å². The third-order valence-electron chi connectivity index (χ3n) is 4.20. The van der Waals surface area contributed by atoms with Crippen LogP contribution in [0.5, 0.6) is 0 Å². The molecule has 1 aliphatic heterocycles. The Labute approximate surface area is 174 Å². The smallest absolute Gasteiger partial charge is 0.343 e. The van der Waals surface area contributed by atoms with Crippen molar-refractivity contribution < 1.29 is 18.9 Å². The molecule has 0 amide bonds. The Bertz CT molecular complexity index is 1190. The second kappa shape index (κ2) is 7.58. The second-order valence-corrected chi connectivity index (χ2v) is 6.97. The second-order valence-electron chi connectivity index (χ2n) is 6.13.